The van der Waals surface area contributed by atoms with Crippen molar-refractivity contribution < 1.29 is 9.53 Å². The maximum atomic E-state index is 11.4. The number of benzene rings is 1. The first-order valence-corrected chi connectivity index (χ1v) is 4.38. The number of ether oxygens (including phenoxy) is 1. The van der Waals surface area contributed by atoms with Crippen LogP contribution in [-0.4, -0.2) is 24.6 Å². The number of rotatable bonds is 0. The van der Waals surface area contributed by atoms with Gasteiger partial charge in [-0.1, -0.05) is 24.8 Å². The van der Waals surface area contributed by atoms with Gasteiger partial charge in [0.05, 0.1) is 0 Å². The molecule has 3 nitrogen and oxygen atoms in total. The normalized spacial score (nSPS) is 15.9. The minimum atomic E-state index is -0.337. The number of likely N-dealkylation sites (N-methyl/N-ethyl adjacent to an activating group) is 1. The molecule has 0 aromatic heterocycles. The van der Waals surface area contributed by atoms with Crippen LogP contribution in [-0.2, 0) is 0 Å². The van der Waals surface area contributed by atoms with Crippen LogP contribution < -0.4 is 4.74 Å². The fourth-order valence-electron chi connectivity index (χ4n) is 1.46. The zero-order valence-electron chi connectivity index (χ0n) is 7.99. The van der Waals surface area contributed by atoms with E-state index in [0.29, 0.717) is 12.3 Å². The molecule has 0 saturated heterocycles. The van der Waals surface area contributed by atoms with Crippen LogP contribution in [0.2, 0.25) is 0 Å². The van der Waals surface area contributed by atoms with Crippen molar-refractivity contribution in [1.29, 1.82) is 0 Å². The number of amides is 1. The Hall–Kier alpha value is -1.77. The Morgan fingerprint density at radius 1 is 1.43 bits per heavy atom. The summed E-state index contributed by atoms with van der Waals surface area (Å²) in [5.41, 5.74) is 1.80. The fourth-order valence-corrected chi connectivity index (χ4v) is 1.46. The van der Waals surface area contributed by atoms with Gasteiger partial charge in [0.25, 0.3) is 0 Å². The summed E-state index contributed by atoms with van der Waals surface area (Å²) in [4.78, 5) is 12.9. The van der Waals surface area contributed by atoms with E-state index in [1.165, 1.54) is 4.90 Å². The van der Waals surface area contributed by atoms with E-state index >= 15 is 0 Å². The lowest BCUT2D eigenvalue weighted by Gasteiger charge is -2.11. The van der Waals surface area contributed by atoms with Crippen molar-refractivity contribution >= 4 is 11.7 Å². The Morgan fingerprint density at radius 3 is 2.93 bits per heavy atom. The monoisotopic (exact) mass is 189 g/mol. The second kappa shape index (κ2) is 3.18. The van der Waals surface area contributed by atoms with E-state index in [4.69, 9.17) is 4.74 Å². The molecule has 1 heterocycles. The standard InChI is InChI=1S/C11H11NO2/c1-8-7-12(2)11(13)14-10-6-4-3-5-9(8)10/h3-6H,1,7H2,2H3. The molecule has 72 valence electrons. The van der Waals surface area contributed by atoms with Gasteiger partial charge in [-0.2, -0.15) is 0 Å². The van der Waals surface area contributed by atoms with Crippen LogP contribution in [0.1, 0.15) is 5.56 Å². The third-order valence-electron chi connectivity index (χ3n) is 2.20. The average molecular weight is 189 g/mol. The maximum absolute atomic E-state index is 11.4. The van der Waals surface area contributed by atoms with Crippen LogP contribution >= 0.6 is 0 Å². The molecule has 2 rings (SSSR count). The third-order valence-corrected chi connectivity index (χ3v) is 2.20. The Balaban J connectivity index is 2.48. The number of nitrogens with zero attached hydrogens (tertiary/aromatic N) is 1. The molecule has 3 heteroatoms. The summed E-state index contributed by atoms with van der Waals surface area (Å²) in [6.45, 7) is 4.44. The molecular weight excluding hydrogens is 178 g/mol. The summed E-state index contributed by atoms with van der Waals surface area (Å²) in [6, 6.07) is 7.43. The first kappa shape index (κ1) is 8.81. The van der Waals surface area contributed by atoms with Crippen LogP contribution in [0.5, 0.6) is 5.75 Å². The minimum absolute atomic E-state index is 0.337. The summed E-state index contributed by atoms with van der Waals surface area (Å²) in [6.07, 6.45) is -0.337. The van der Waals surface area contributed by atoms with E-state index < -0.39 is 0 Å². The molecule has 0 aliphatic carbocycles. The van der Waals surface area contributed by atoms with E-state index in [-0.39, 0.29) is 6.09 Å². The molecule has 0 atom stereocenters. The molecule has 1 aromatic carbocycles. The summed E-state index contributed by atoms with van der Waals surface area (Å²) in [5, 5.41) is 0. The summed E-state index contributed by atoms with van der Waals surface area (Å²) >= 11 is 0. The largest absolute Gasteiger partial charge is 0.415 e. The molecule has 0 fully saturated rings. The van der Waals surface area contributed by atoms with E-state index in [2.05, 4.69) is 6.58 Å². The number of fused-ring (bicyclic) bond motifs is 1. The first-order chi connectivity index (χ1) is 6.68. The van der Waals surface area contributed by atoms with Crippen molar-refractivity contribution in [2.75, 3.05) is 13.6 Å². The molecule has 0 bridgehead atoms. The van der Waals surface area contributed by atoms with Gasteiger partial charge in [0.15, 0.2) is 0 Å². The zero-order chi connectivity index (χ0) is 10.1. The zero-order valence-corrected chi connectivity index (χ0v) is 7.99. The maximum Gasteiger partial charge on any atom is 0.415 e. The molecule has 14 heavy (non-hydrogen) atoms. The molecule has 0 saturated carbocycles. The van der Waals surface area contributed by atoms with Gasteiger partial charge < -0.3 is 9.64 Å². The lowest BCUT2D eigenvalue weighted by atomic mass is 10.1. The third kappa shape index (κ3) is 1.37. The lowest BCUT2D eigenvalue weighted by molar-refractivity contribution is 0.170. The van der Waals surface area contributed by atoms with Crippen LogP contribution in [0.4, 0.5) is 4.79 Å². The fraction of sp³-hybridized carbons (Fsp3) is 0.182. The molecule has 0 radical (unpaired) electrons. The van der Waals surface area contributed by atoms with Gasteiger partial charge in [0.1, 0.15) is 5.75 Å². The number of carbonyl (C=O) groups excluding carboxylic acids is 1. The lowest BCUT2D eigenvalue weighted by Crippen LogP contribution is -2.28. The van der Waals surface area contributed by atoms with Crippen molar-refractivity contribution in [3.8, 4) is 5.75 Å². The Kier molecular flexibility index (Phi) is 2.00. The summed E-state index contributed by atoms with van der Waals surface area (Å²) in [5.74, 6) is 0.590. The van der Waals surface area contributed by atoms with Gasteiger partial charge in [-0.25, -0.2) is 4.79 Å². The highest BCUT2D eigenvalue weighted by atomic mass is 16.6. The van der Waals surface area contributed by atoms with Crippen LogP contribution in [0.25, 0.3) is 5.57 Å². The van der Waals surface area contributed by atoms with Gasteiger partial charge in [-0.05, 0) is 11.6 Å². The summed E-state index contributed by atoms with van der Waals surface area (Å²) in [7, 11) is 1.69. The quantitative estimate of drug-likeness (QED) is 0.625. The van der Waals surface area contributed by atoms with Gasteiger partial charge in [-0.15, -0.1) is 0 Å². The number of para-hydroxylation sites is 1. The SMILES string of the molecule is C=C1CN(C)C(=O)Oc2ccccc21. The first-order valence-electron chi connectivity index (χ1n) is 4.38. The van der Waals surface area contributed by atoms with Gasteiger partial charge >= 0.3 is 6.09 Å². The van der Waals surface area contributed by atoms with Crippen molar-refractivity contribution in [3.05, 3.63) is 36.4 Å². The molecular formula is C11H11NO2. The molecule has 0 spiro atoms. The molecule has 0 unspecified atom stereocenters. The number of carbonyl (C=O) groups is 1. The Bertz CT molecular complexity index is 398. The predicted octanol–water partition coefficient (Wildman–Crippen LogP) is 2.14. The van der Waals surface area contributed by atoms with E-state index in [9.17, 15) is 4.79 Å². The number of hydrogen-bond acceptors (Lipinski definition) is 2. The predicted molar refractivity (Wildman–Crippen MR) is 54.1 cm³/mol. The minimum Gasteiger partial charge on any atom is -0.410 e. The molecule has 1 aromatic rings. The van der Waals surface area contributed by atoms with Crippen LogP contribution in [0, 0.1) is 0 Å². The Morgan fingerprint density at radius 2 is 2.14 bits per heavy atom. The average Bonchev–Trinajstić information content (AvgIpc) is 2.27. The smallest absolute Gasteiger partial charge is 0.410 e. The van der Waals surface area contributed by atoms with Crippen molar-refractivity contribution in [1.82, 2.24) is 4.90 Å². The summed E-state index contributed by atoms with van der Waals surface area (Å²) < 4.78 is 5.17. The van der Waals surface area contributed by atoms with Crippen molar-refractivity contribution in [2.24, 2.45) is 0 Å². The second-order valence-electron chi connectivity index (χ2n) is 3.32. The van der Waals surface area contributed by atoms with E-state index in [1.807, 2.05) is 18.2 Å². The topological polar surface area (TPSA) is 29.5 Å². The van der Waals surface area contributed by atoms with Gasteiger partial charge in [-0.3, -0.25) is 0 Å². The number of hydrogen-bond donors (Lipinski definition) is 0. The molecule has 1 aliphatic heterocycles. The van der Waals surface area contributed by atoms with Gasteiger partial charge in [0, 0.05) is 19.2 Å². The van der Waals surface area contributed by atoms with Crippen LogP contribution in [0.15, 0.2) is 30.8 Å². The van der Waals surface area contributed by atoms with Crippen molar-refractivity contribution in [3.63, 3.8) is 0 Å². The van der Waals surface area contributed by atoms with Crippen LogP contribution in [0.3, 0.4) is 0 Å². The Labute approximate surface area is 82.6 Å². The second-order valence-corrected chi connectivity index (χ2v) is 3.32. The molecule has 0 N–H and O–H groups in total. The van der Waals surface area contributed by atoms with Crippen molar-refractivity contribution in [2.45, 2.75) is 0 Å². The van der Waals surface area contributed by atoms with E-state index in [1.54, 1.807) is 13.1 Å². The highest BCUT2D eigenvalue weighted by Gasteiger charge is 2.20. The van der Waals surface area contributed by atoms with E-state index in [0.717, 1.165) is 11.1 Å². The van der Waals surface area contributed by atoms with Gasteiger partial charge in [0.2, 0.25) is 0 Å². The highest BCUT2D eigenvalue weighted by Crippen LogP contribution is 2.28. The molecule has 1 amide bonds. The molecule has 1 aliphatic rings. The highest BCUT2D eigenvalue weighted by molar-refractivity contribution is 5.81.